The maximum atomic E-state index is 13.6. The van der Waals surface area contributed by atoms with Crippen LogP contribution >= 0.6 is 0 Å². The highest BCUT2D eigenvalue weighted by atomic mass is 16.5. The third-order valence-electron chi connectivity index (χ3n) is 8.61. The van der Waals surface area contributed by atoms with Crippen molar-refractivity contribution in [2.45, 2.75) is 116 Å². The number of primary amides is 2. The third-order valence-corrected chi connectivity index (χ3v) is 8.61. The highest BCUT2D eigenvalue weighted by molar-refractivity contribution is 5.94. The smallest absolute Gasteiger partial charge is 0.310 e. The number of aliphatic imine (C=N–C) groups is 1. The summed E-state index contributed by atoms with van der Waals surface area (Å²) in [6.07, 6.45) is 2.71. The van der Waals surface area contributed by atoms with Crippen LogP contribution in [0.25, 0.3) is 0 Å². The molecule has 0 radical (unpaired) electrons. The molecule has 2 heterocycles. The molecule has 44 heavy (non-hydrogen) atoms. The highest BCUT2D eigenvalue weighted by Crippen LogP contribution is 2.35. The first-order valence-corrected chi connectivity index (χ1v) is 15.2. The summed E-state index contributed by atoms with van der Waals surface area (Å²) in [6, 6.07) is -2.64. The molecule has 2 fully saturated rings. The molecule has 13 heteroatoms. The SMILES string of the molecule is C=CC(CC(=O)OC(C)CC(N)=O)=C(C)C(C)(C)CCC(N)=NC(C(=O)N1CCCC1C(=O)N1CCCC1C(N)=O)C(C)O. The number of rotatable bonds is 15. The Balaban J connectivity index is 2.13. The summed E-state index contributed by atoms with van der Waals surface area (Å²) in [6.45, 7) is 13.5. The number of likely N-dealkylation sites (tertiary alicyclic amines) is 2. The molecule has 4 amide bonds. The number of aliphatic hydroxyl groups is 1. The topological polar surface area (TPSA) is 212 Å². The van der Waals surface area contributed by atoms with Gasteiger partial charge in [0.25, 0.3) is 5.91 Å². The van der Waals surface area contributed by atoms with E-state index in [4.69, 9.17) is 21.9 Å². The minimum atomic E-state index is -1.20. The van der Waals surface area contributed by atoms with Crippen molar-refractivity contribution in [3.63, 3.8) is 0 Å². The molecule has 5 atom stereocenters. The first kappa shape index (κ1) is 36.5. The highest BCUT2D eigenvalue weighted by Gasteiger charge is 2.43. The number of hydrogen-bond acceptors (Lipinski definition) is 8. The molecule has 0 saturated carbocycles. The van der Waals surface area contributed by atoms with Gasteiger partial charge in [0.15, 0.2) is 6.04 Å². The molecule has 2 aliphatic heterocycles. The van der Waals surface area contributed by atoms with Crippen molar-refractivity contribution in [2.24, 2.45) is 27.6 Å². The maximum Gasteiger partial charge on any atom is 0.310 e. The molecule has 7 N–H and O–H groups in total. The Hall–Kier alpha value is -3.74. The fourth-order valence-electron chi connectivity index (χ4n) is 5.75. The minimum Gasteiger partial charge on any atom is -0.462 e. The van der Waals surface area contributed by atoms with E-state index in [9.17, 15) is 29.1 Å². The Bertz CT molecular complexity index is 1180. The van der Waals surface area contributed by atoms with Crippen LogP contribution in [0.15, 0.2) is 28.8 Å². The zero-order chi connectivity index (χ0) is 33.4. The molecule has 2 saturated heterocycles. The Morgan fingerprint density at radius 2 is 1.64 bits per heavy atom. The number of carbonyl (C=O) groups excluding carboxylic acids is 5. The van der Waals surface area contributed by atoms with Crippen molar-refractivity contribution < 1.29 is 33.8 Å². The predicted molar refractivity (Wildman–Crippen MR) is 166 cm³/mol. The Morgan fingerprint density at radius 3 is 2.18 bits per heavy atom. The van der Waals surface area contributed by atoms with Crippen molar-refractivity contribution in [3.8, 4) is 0 Å². The molecule has 2 rings (SSSR count). The number of allylic oxidation sites excluding steroid dienone is 2. The van der Waals surface area contributed by atoms with Gasteiger partial charge in [0.05, 0.1) is 24.8 Å². The summed E-state index contributed by atoms with van der Waals surface area (Å²) in [7, 11) is 0. The zero-order valence-corrected chi connectivity index (χ0v) is 26.7. The van der Waals surface area contributed by atoms with Gasteiger partial charge in [0, 0.05) is 19.5 Å². The third kappa shape index (κ3) is 9.63. The molecule has 5 unspecified atom stereocenters. The average Bonchev–Trinajstić information content (AvgIpc) is 3.62. The predicted octanol–water partition coefficient (Wildman–Crippen LogP) is 1.07. The van der Waals surface area contributed by atoms with Gasteiger partial charge in [-0.3, -0.25) is 29.0 Å². The van der Waals surface area contributed by atoms with E-state index in [1.165, 1.54) is 16.7 Å². The number of amides is 4. The molecular weight excluding hydrogens is 568 g/mol. The van der Waals surface area contributed by atoms with E-state index in [2.05, 4.69) is 11.6 Å². The molecule has 0 spiro atoms. The van der Waals surface area contributed by atoms with Gasteiger partial charge in [-0.25, -0.2) is 0 Å². The van der Waals surface area contributed by atoms with Gasteiger partial charge in [-0.05, 0) is 63.9 Å². The first-order chi connectivity index (χ1) is 20.5. The average molecular weight is 619 g/mol. The fourth-order valence-corrected chi connectivity index (χ4v) is 5.75. The zero-order valence-electron chi connectivity index (χ0n) is 26.7. The van der Waals surface area contributed by atoms with E-state index in [1.807, 2.05) is 20.8 Å². The van der Waals surface area contributed by atoms with Crippen LogP contribution in [-0.2, 0) is 28.7 Å². The minimum absolute atomic E-state index is 0.0304. The lowest BCUT2D eigenvalue weighted by Crippen LogP contribution is -2.54. The van der Waals surface area contributed by atoms with Crippen molar-refractivity contribution >= 4 is 35.4 Å². The second-order valence-electron chi connectivity index (χ2n) is 12.5. The summed E-state index contributed by atoms with van der Waals surface area (Å²) in [4.78, 5) is 69.6. The molecular formula is C31H50N6O7. The summed E-state index contributed by atoms with van der Waals surface area (Å²) < 4.78 is 5.29. The molecule has 0 bridgehead atoms. The molecule has 0 aliphatic carbocycles. The van der Waals surface area contributed by atoms with Crippen LogP contribution in [0.3, 0.4) is 0 Å². The summed E-state index contributed by atoms with van der Waals surface area (Å²) >= 11 is 0. The lowest BCUT2D eigenvalue weighted by atomic mass is 9.78. The van der Waals surface area contributed by atoms with E-state index < -0.39 is 59.4 Å². The molecule has 246 valence electrons. The monoisotopic (exact) mass is 618 g/mol. The van der Waals surface area contributed by atoms with Gasteiger partial charge >= 0.3 is 5.97 Å². The Morgan fingerprint density at radius 1 is 1.05 bits per heavy atom. The number of ether oxygens (including phenoxy) is 1. The van der Waals surface area contributed by atoms with Crippen LogP contribution in [0.2, 0.25) is 0 Å². The van der Waals surface area contributed by atoms with Crippen LogP contribution in [0.1, 0.15) is 86.0 Å². The van der Waals surface area contributed by atoms with Gasteiger partial charge in [-0.15, -0.1) is 0 Å². The number of aliphatic hydroxyl groups excluding tert-OH is 1. The number of hydrogen-bond donors (Lipinski definition) is 4. The molecule has 13 nitrogen and oxygen atoms in total. The van der Waals surface area contributed by atoms with Gasteiger partial charge in [-0.2, -0.15) is 0 Å². The van der Waals surface area contributed by atoms with Gasteiger partial charge in [-0.1, -0.05) is 32.1 Å². The summed E-state index contributed by atoms with van der Waals surface area (Å²) in [5.74, 6) is -2.27. The van der Waals surface area contributed by atoms with Crippen molar-refractivity contribution in [3.05, 3.63) is 23.8 Å². The first-order valence-electron chi connectivity index (χ1n) is 15.2. The van der Waals surface area contributed by atoms with E-state index in [0.717, 1.165) is 5.57 Å². The van der Waals surface area contributed by atoms with Crippen LogP contribution in [0, 0.1) is 5.41 Å². The number of amidine groups is 1. The largest absolute Gasteiger partial charge is 0.462 e. The number of carbonyl (C=O) groups is 5. The second kappa shape index (κ2) is 15.8. The Labute approximate surface area is 259 Å². The van der Waals surface area contributed by atoms with Gasteiger partial charge < -0.3 is 36.8 Å². The summed E-state index contributed by atoms with van der Waals surface area (Å²) in [5.41, 5.74) is 18.1. The molecule has 2 aliphatic rings. The van der Waals surface area contributed by atoms with E-state index in [1.54, 1.807) is 13.0 Å². The van der Waals surface area contributed by atoms with Crippen LogP contribution in [0.5, 0.6) is 0 Å². The van der Waals surface area contributed by atoms with Crippen molar-refractivity contribution in [1.82, 2.24) is 9.80 Å². The van der Waals surface area contributed by atoms with Gasteiger partial charge in [0.2, 0.25) is 17.7 Å². The number of nitrogens with two attached hydrogens (primary N) is 3. The van der Waals surface area contributed by atoms with Gasteiger partial charge in [0.1, 0.15) is 18.2 Å². The second-order valence-corrected chi connectivity index (χ2v) is 12.5. The van der Waals surface area contributed by atoms with Crippen molar-refractivity contribution in [2.75, 3.05) is 13.1 Å². The molecule has 0 aromatic rings. The normalized spacial score (nSPS) is 21.7. The quantitative estimate of drug-likeness (QED) is 0.0900. The lowest BCUT2D eigenvalue weighted by Gasteiger charge is -2.32. The van der Waals surface area contributed by atoms with Crippen LogP contribution in [-0.4, -0.2) is 93.8 Å². The fraction of sp³-hybridized carbons (Fsp3) is 0.677. The van der Waals surface area contributed by atoms with E-state index in [-0.39, 0.29) is 24.6 Å². The molecule has 0 aromatic carbocycles. The standard InChI is InChI=1S/C31H50N6O7/c1-7-21(17-26(40)44-18(2)16-25(33)39)19(3)31(5,6)13-12-24(32)35-27(20(4)38)30(43)37-15-9-11-23(37)29(42)36-14-8-10-22(36)28(34)41/h7,18,20,22-23,27,38H,1,8-17H2,2-6H3,(H2,32,35)(H2,33,39)(H2,34,41). The van der Waals surface area contributed by atoms with E-state index in [0.29, 0.717) is 57.2 Å². The lowest BCUT2D eigenvalue weighted by molar-refractivity contribution is -0.148. The number of nitrogens with zero attached hydrogens (tertiary/aromatic N) is 3. The molecule has 0 aromatic heterocycles. The van der Waals surface area contributed by atoms with E-state index >= 15 is 0 Å². The number of esters is 1. The van der Waals surface area contributed by atoms with Crippen LogP contribution in [0.4, 0.5) is 0 Å². The Kier molecular flexibility index (Phi) is 13.1. The summed E-state index contributed by atoms with van der Waals surface area (Å²) in [5, 5.41) is 10.5. The van der Waals surface area contributed by atoms with Crippen LogP contribution < -0.4 is 17.2 Å². The maximum absolute atomic E-state index is 13.6. The van der Waals surface area contributed by atoms with Crippen molar-refractivity contribution in [1.29, 1.82) is 0 Å².